The van der Waals surface area contributed by atoms with Gasteiger partial charge in [-0.25, -0.2) is 4.98 Å². The molecule has 0 bridgehead atoms. The van der Waals surface area contributed by atoms with Crippen molar-refractivity contribution in [3.05, 3.63) is 10.6 Å². The smallest absolute Gasteiger partial charge is 0.183 e. The first-order chi connectivity index (χ1) is 7.51. The van der Waals surface area contributed by atoms with Gasteiger partial charge in [-0.05, 0) is 48.5 Å². The average molecular weight is 254 g/mol. The van der Waals surface area contributed by atoms with Crippen LogP contribution in [0.5, 0.6) is 0 Å². The number of nitrogens with one attached hydrogen (secondary N) is 1. The first-order valence-electron chi connectivity index (χ1n) is 6.01. The van der Waals surface area contributed by atoms with E-state index in [1.807, 2.05) is 0 Å². The summed E-state index contributed by atoms with van der Waals surface area (Å²) in [5.74, 6) is 0. The minimum absolute atomic E-state index is 0.0424. The van der Waals surface area contributed by atoms with Gasteiger partial charge in [-0.15, -0.1) is 0 Å². The minimum Gasteiger partial charge on any atom is -0.358 e. The number of rotatable bonds is 1. The Kier molecular flexibility index (Phi) is 2.61. The van der Waals surface area contributed by atoms with E-state index < -0.39 is 0 Å². The van der Waals surface area contributed by atoms with Gasteiger partial charge in [0.15, 0.2) is 5.13 Å². The number of aromatic nitrogens is 1. The van der Waals surface area contributed by atoms with Gasteiger partial charge in [0.25, 0.3) is 0 Å². The average Bonchev–Trinajstić information content (AvgIpc) is 2.49. The molecule has 96 valence electrons. The van der Waals surface area contributed by atoms with Crippen LogP contribution in [0.25, 0.3) is 0 Å². The summed E-state index contributed by atoms with van der Waals surface area (Å²) in [6, 6.07) is 0. The van der Waals surface area contributed by atoms with Crippen molar-refractivity contribution < 1.29 is 4.74 Å². The van der Waals surface area contributed by atoms with Crippen molar-refractivity contribution in [2.75, 3.05) is 5.32 Å². The van der Waals surface area contributed by atoms with Crippen molar-refractivity contribution in [3.63, 3.8) is 0 Å². The molecule has 0 radical (unpaired) electrons. The Hall–Kier alpha value is -0.610. The standard InChI is InChI=1S/C13H22N2OS/c1-11(2,3)15-10-14-8-9(17-10)13(6,7)16-12(8,4)5/h1-7H3,(H,14,15). The van der Waals surface area contributed by atoms with E-state index >= 15 is 0 Å². The molecular formula is C13H22N2OS. The Morgan fingerprint density at radius 1 is 1.12 bits per heavy atom. The molecular weight excluding hydrogens is 232 g/mol. The number of ether oxygens (including phenoxy) is 1. The van der Waals surface area contributed by atoms with E-state index in [0.717, 1.165) is 10.8 Å². The van der Waals surface area contributed by atoms with Crippen molar-refractivity contribution in [3.8, 4) is 0 Å². The van der Waals surface area contributed by atoms with Crippen LogP contribution in [0, 0.1) is 0 Å². The van der Waals surface area contributed by atoms with Gasteiger partial charge < -0.3 is 10.1 Å². The highest BCUT2D eigenvalue weighted by molar-refractivity contribution is 7.15. The summed E-state index contributed by atoms with van der Waals surface area (Å²) < 4.78 is 6.05. The van der Waals surface area contributed by atoms with Crippen molar-refractivity contribution >= 4 is 16.5 Å². The summed E-state index contributed by atoms with van der Waals surface area (Å²) in [5.41, 5.74) is 0.613. The highest BCUT2D eigenvalue weighted by atomic mass is 32.1. The van der Waals surface area contributed by atoms with Crippen LogP contribution in [0.2, 0.25) is 0 Å². The molecule has 1 N–H and O–H groups in total. The van der Waals surface area contributed by atoms with E-state index in [4.69, 9.17) is 9.72 Å². The third-order valence-corrected chi connectivity index (χ3v) is 4.01. The summed E-state index contributed by atoms with van der Waals surface area (Å²) in [7, 11) is 0. The Balaban J connectivity index is 2.40. The van der Waals surface area contributed by atoms with E-state index in [1.54, 1.807) is 11.3 Å². The molecule has 17 heavy (non-hydrogen) atoms. The van der Waals surface area contributed by atoms with E-state index in [1.165, 1.54) is 4.88 Å². The van der Waals surface area contributed by atoms with Crippen LogP contribution in [0.15, 0.2) is 0 Å². The van der Waals surface area contributed by atoms with Crippen molar-refractivity contribution in [1.82, 2.24) is 4.98 Å². The van der Waals surface area contributed by atoms with Crippen molar-refractivity contribution in [1.29, 1.82) is 0 Å². The van der Waals surface area contributed by atoms with Crippen LogP contribution in [0.3, 0.4) is 0 Å². The maximum absolute atomic E-state index is 6.05. The first kappa shape index (κ1) is 12.8. The van der Waals surface area contributed by atoms with Gasteiger partial charge in [-0.1, -0.05) is 11.3 Å². The van der Waals surface area contributed by atoms with Gasteiger partial charge in [0, 0.05) is 5.54 Å². The lowest BCUT2D eigenvalue weighted by molar-refractivity contribution is -0.105. The predicted octanol–water partition coefficient (Wildman–Crippen LogP) is 3.85. The second kappa shape index (κ2) is 3.45. The fourth-order valence-electron chi connectivity index (χ4n) is 2.24. The lowest BCUT2D eigenvalue weighted by atomic mass is 10.0. The molecule has 1 aromatic heterocycles. The molecule has 0 atom stereocenters. The van der Waals surface area contributed by atoms with Crippen LogP contribution in [0.1, 0.15) is 59.0 Å². The molecule has 0 fully saturated rings. The van der Waals surface area contributed by atoms with Gasteiger partial charge in [0.1, 0.15) is 5.60 Å². The summed E-state index contributed by atoms with van der Waals surface area (Å²) in [5, 5.41) is 4.43. The van der Waals surface area contributed by atoms with Crippen LogP contribution in [0.4, 0.5) is 5.13 Å². The number of nitrogens with zero attached hydrogens (tertiary/aromatic N) is 1. The quantitative estimate of drug-likeness (QED) is 0.826. The summed E-state index contributed by atoms with van der Waals surface area (Å²) in [6.45, 7) is 14.8. The number of fused-ring (bicyclic) bond motifs is 1. The number of hydrogen-bond donors (Lipinski definition) is 1. The van der Waals surface area contributed by atoms with Crippen LogP contribution in [-0.2, 0) is 15.9 Å². The highest BCUT2D eigenvalue weighted by Gasteiger charge is 2.46. The van der Waals surface area contributed by atoms with Gasteiger partial charge in [0.05, 0.1) is 16.2 Å². The SMILES string of the molecule is CC(C)(C)Nc1nc2c(s1)C(C)(C)OC2(C)C. The number of hydrogen-bond acceptors (Lipinski definition) is 4. The zero-order valence-electron chi connectivity index (χ0n) is 11.8. The molecule has 1 aliphatic rings. The molecule has 1 aliphatic heterocycles. The zero-order valence-corrected chi connectivity index (χ0v) is 12.6. The van der Waals surface area contributed by atoms with Crippen LogP contribution < -0.4 is 5.32 Å². The largest absolute Gasteiger partial charge is 0.358 e. The molecule has 0 aromatic carbocycles. The highest BCUT2D eigenvalue weighted by Crippen LogP contribution is 2.50. The van der Waals surface area contributed by atoms with Gasteiger partial charge in [0.2, 0.25) is 0 Å². The van der Waals surface area contributed by atoms with Crippen molar-refractivity contribution in [2.45, 2.75) is 65.2 Å². The lowest BCUT2D eigenvalue weighted by Gasteiger charge is -2.25. The second-order valence-electron chi connectivity index (χ2n) is 6.69. The predicted molar refractivity (Wildman–Crippen MR) is 72.6 cm³/mol. The molecule has 3 nitrogen and oxygen atoms in total. The molecule has 0 spiro atoms. The Morgan fingerprint density at radius 3 is 2.18 bits per heavy atom. The Morgan fingerprint density at radius 2 is 1.71 bits per heavy atom. The van der Waals surface area contributed by atoms with E-state index in [9.17, 15) is 0 Å². The molecule has 0 unspecified atom stereocenters. The molecule has 1 aromatic rings. The Bertz CT molecular complexity index is 409. The molecule has 0 aliphatic carbocycles. The van der Waals surface area contributed by atoms with Crippen LogP contribution in [-0.4, -0.2) is 10.5 Å². The summed E-state index contributed by atoms with van der Waals surface area (Å²) >= 11 is 1.71. The Labute approximate surface area is 108 Å². The first-order valence-corrected chi connectivity index (χ1v) is 6.83. The molecule has 0 amide bonds. The van der Waals surface area contributed by atoms with E-state index in [0.29, 0.717) is 0 Å². The summed E-state index contributed by atoms with van der Waals surface area (Å²) in [6.07, 6.45) is 0. The van der Waals surface area contributed by atoms with Crippen LogP contribution >= 0.6 is 11.3 Å². The van der Waals surface area contributed by atoms with Gasteiger partial charge in [-0.3, -0.25) is 0 Å². The fourth-order valence-corrected chi connectivity index (χ4v) is 3.61. The molecule has 0 saturated carbocycles. The molecule has 0 saturated heterocycles. The topological polar surface area (TPSA) is 34.2 Å². The normalized spacial score (nSPS) is 21.4. The number of thiazole rings is 1. The van der Waals surface area contributed by atoms with Gasteiger partial charge >= 0.3 is 0 Å². The molecule has 4 heteroatoms. The molecule has 2 rings (SSSR count). The van der Waals surface area contributed by atoms with E-state index in [2.05, 4.69) is 53.8 Å². The van der Waals surface area contributed by atoms with Gasteiger partial charge in [-0.2, -0.15) is 0 Å². The number of anilines is 1. The third kappa shape index (κ3) is 2.33. The van der Waals surface area contributed by atoms with Crippen molar-refractivity contribution in [2.24, 2.45) is 0 Å². The third-order valence-electron chi connectivity index (χ3n) is 2.74. The maximum Gasteiger partial charge on any atom is 0.183 e. The van der Waals surface area contributed by atoms with E-state index in [-0.39, 0.29) is 16.7 Å². The second-order valence-corrected chi connectivity index (χ2v) is 7.69. The summed E-state index contributed by atoms with van der Waals surface area (Å²) in [4.78, 5) is 5.95. The lowest BCUT2D eigenvalue weighted by Crippen LogP contribution is -2.27. The fraction of sp³-hybridized carbons (Fsp3) is 0.769. The minimum atomic E-state index is -0.285. The molecule has 2 heterocycles. The zero-order chi connectivity index (χ0) is 13.1. The monoisotopic (exact) mass is 254 g/mol. The maximum atomic E-state index is 6.05.